The van der Waals surface area contributed by atoms with E-state index in [9.17, 15) is 9.90 Å². The number of carboxylic acids is 1. The first-order valence-electron chi connectivity index (χ1n) is 9.66. The molecule has 8 nitrogen and oxygen atoms in total. The summed E-state index contributed by atoms with van der Waals surface area (Å²) in [6.45, 7) is 3.74. The third kappa shape index (κ3) is 3.30. The first-order chi connectivity index (χ1) is 14.4. The molecule has 0 aliphatic carbocycles. The van der Waals surface area contributed by atoms with E-state index in [1.54, 1.807) is 23.6 Å². The number of benzene rings is 2. The average Bonchev–Trinajstić information content (AvgIpc) is 3.18. The van der Waals surface area contributed by atoms with Gasteiger partial charge in [-0.3, -0.25) is 0 Å². The van der Waals surface area contributed by atoms with E-state index >= 15 is 0 Å². The van der Waals surface area contributed by atoms with Gasteiger partial charge in [0, 0.05) is 18.0 Å². The second-order valence-electron chi connectivity index (χ2n) is 7.47. The second-order valence-corrected chi connectivity index (χ2v) is 7.47. The number of ether oxygens (including phenoxy) is 1. The zero-order valence-corrected chi connectivity index (χ0v) is 17.3. The van der Waals surface area contributed by atoms with Crippen molar-refractivity contribution >= 4 is 28.5 Å². The maximum atomic E-state index is 11.9. The number of carbonyl (C=O) groups is 1. The molecule has 4 rings (SSSR count). The third-order valence-electron chi connectivity index (χ3n) is 5.11. The highest BCUT2D eigenvalue weighted by Gasteiger charge is 2.29. The Hall–Kier alpha value is -3.68. The third-order valence-corrected chi connectivity index (χ3v) is 5.11. The number of para-hydroxylation sites is 1. The number of anilines is 1. The van der Waals surface area contributed by atoms with Gasteiger partial charge in [-0.1, -0.05) is 38.1 Å². The topological polar surface area (TPSA) is 92.9 Å². The van der Waals surface area contributed by atoms with Crippen LogP contribution in [0.15, 0.2) is 48.5 Å². The molecule has 0 aliphatic rings. The number of fused-ring (bicyclic) bond motifs is 3. The van der Waals surface area contributed by atoms with Gasteiger partial charge in [-0.2, -0.15) is 4.52 Å². The Bertz CT molecular complexity index is 1230. The van der Waals surface area contributed by atoms with Crippen LogP contribution in [0.1, 0.15) is 13.8 Å². The number of carboxylic acid groups (broad SMARTS) is 1. The van der Waals surface area contributed by atoms with Crippen molar-refractivity contribution in [2.45, 2.75) is 19.9 Å². The first-order valence-corrected chi connectivity index (χ1v) is 9.66. The van der Waals surface area contributed by atoms with E-state index in [0.29, 0.717) is 23.2 Å². The van der Waals surface area contributed by atoms with Crippen molar-refractivity contribution in [1.82, 2.24) is 19.6 Å². The van der Waals surface area contributed by atoms with E-state index in [4.69, 9.17) is 14.7 Å². The average molecular weight is 405 g/mol. The van der Waals surface area contributed by atoms with Crippen LogP contribution >= 0.6 is 0 Å². The Balaban J connectivity index is 1.97. The number of nitrogens with zero attached hydrogens (tertiary/aromatic N) is 5. The summed E-state index contributed by atoms with van der Waals surface area (Å²) in [4.78, 5) is 23.1. The van der Waals surface area contributed by atoms with E-state index in [0.717, 1.165) is 16.5 Å². The molecule has 0 bridgehead atoms. The fourth-order valence-corrected chi connectivity index (χ4v) is 3.68. The lowest BCUT2D eigenvalue weighted by molar-refractivity contribution is -0.139. The van der Waals surface area contributed by atoms with Gasteiger partial charge in [0.05, 0.1) is 12.6 Å². The summed E-state index contributed by atoms with van der Waals surface area (Å²) >= 11 is 0. The molecule has 0 saturated heterocycles. The molecule has 1 N–H and O–H groups in total. The van der Waals surface area contributed by atoms with Crippen LogP contribution in [0.4, 0.5) is 5.95 Å². The van der Waals surface area contributed by atoms with Gasteiger partial charge < -0.3 is 14.7 Å². The minimum atomic E-state index is -0.913. The standard InChI is InChI=1S/C22H23N5O3/c1-13(2)18(21(28)29)26(3)22-23-17-11-6-5-10-16(17)20-24-19(25-27(20)22)14-8-7-9-15(12-14)30-4/h5-13,18H,1-4H3,(H,28,29)/t18-/m1/s1. The number of aliphatic carboxylic acids is 1. The molecule has 2 heterocycles. The predicted molar refractivity (Wildman–Crippen MR) is 115 cm³/mol. The number of hydrogen-bond acceptors (Lipinski definition) is 6. The number of likely N-dealkylation sites (N-methyl/N-ethyl adjacent to an activating group) is 1. The molecule has 0 unspecified atom stereocenters. The monoisotopic (exact) mass is 405 g/mol. The van der Waals surface area contributed by atoms with Crippen molar-refractivity contribution in [3.05, 3.63) is 48.5 Å². The predicted octanol–water partition coefficient (Wildman–Crippen LogP) is 3.50. The summed E-state index contributed by atoms with van der Waals surface area (Å²) in [5, 5.41) is 15.3. The first kappa shape index (κ1) is 19.6. The molecule has 30 heavy (non-hydrogen) atoms. The number of rotatable bonds is 6. The molecule has 8 heteroatoms. The summed E-state index contributed by atoms with van der Waals surface area (Å²) in [7, 11) is 3.33. The Morgan fingerprint density at radius 3 is 2.60 bits per heavy atom. The van der Waals surface area contributed by atoms with Crippen molar-refractivity contribution in [1.29, 1.82) is 0 Å². The highest BCUT2D eigenvalue weighted by Crippen LogP contribution is 2.28. The van der Waals surface area contributed by atoms with Gasteiger partial charge in [-0.15, -0.1) is 5.10 Å². The van der Waals surface area contributed by atoms with Crippen molar-refractivity contribution < 1.29 is 14.6 Å². The summed E-state index contributed by atoms with van der Waals surface area (Å²) in [6, 6.07) is 14.4. The van der Waals surface area contributed by atoms with Crippen LogP contribution in [0.3, 0.4) is 0 Å². The quantitative estimate of drug-likeness (QED) is 0.525. The molecular formula is C22H23N5O3. The summed E-state index contributed by atoms with van der Waals surface area (Å²) in [5.41, 5.74) is 2.15. The van der Waals surface area contributed by atoms with Crippen LogP contribution in [0.5, 0.6) is 5.75 Å². The second kappa shape index (κ2) is 7.62. The normalized spacial score (nSPS) is 12.4. The van der Waals surface area contributed by atoms with Gasteiger partial charge in [0.15, 0.2) is 11.5 Å². The molecule has 0 fully saturated rings. The van der Waals surface area contributed by atoms with Crippen LogP contribution in [0, 0.1) is 5.92 Å². The maximum Gasteiger partial charge on any atom is 0.326 e. The van der Waals surface area contributed by atoms with Crippen LogP contribution < -0.4 is 9.64 Å². The van der Waals surface area contributed by atoms with Gasteiger partial charge in [-0.25, -0.2) is 14.8 Å². The van der Waals surface area contributed by atoms with Crippen molar-refractivity contribution in [2.75, 3.05) is 19.1 Å². The van der Waals surface area contributed by atoms with Gasteiger partial charge in [0.25, 0.3) is 0 Å². The van der Waals surface area contributed by atoms with Crippen molar-refractivity contribution in [3.63, 3.8) is 0 Å². The molecule has 154 valence electrons. The SMILES string of the molecule is COc1cccc(-c2nc3c4ccccc4nc(N(C)[C@@H](C(=O)O)C(C)C)n3n2)c1. The largest absolute Gasteiger partial charge is 0.497 e. The van der Waals surface area contributed by atoms with Crippen LogP contribution in [-0.4, -0.2) is 50.9 Å². The molecule has 0 aliphatic heterocycles. The van der Waals surface area contributed by atoms with E-state index in [1.807, 2.05) is 62.4 Å². The lowest BCUT2D eigenvalue weighted by Gasteiger charge is -2.28. The van der Waals surface area contributed by atoms with Crippen molar-refractivity contribution in [2.24, 2.45) is 5.92 Å². The summed E-state index contributed by atoms with van der Waals surface area (Å²) < 4.78 is 6.94. The number of aromatic nitrogens is 4. The van der Waals surface area contributed by atoms with E-state index in [1.165, 1.54) is 0 Å². The summed E-state index contributed by atoms with van der Waals surface area (Å²) in [5.74, 6) is 0.600. The van der Waals surface area contributed by atoms with E-state index in [2.05, 4.69) is 5.10 Å². The Kier molecular flexibility index (Phi) is 4.99. The van der Waals surface area contributed by atoms with E-state index in [-0.39, 0.29) is 5.92 Å². The Morgan fingerprint density at radius 2 is 1.90 bits per heavy atom. The zero-order chi connectivity index (χ0) is 21.4. The van der Waals surface area contributed by atoms with Crippen LogP contribution in [-0.2, 0) is 4.79 Å². The lowest BCUT2D eigenvalue weighted by Crippen LogP contribution is -2.43. The minimum absolute atomic E-state index is 0.128. The van der Waals surface area contributed by atoms with Crippen LogP contribution in [0.25, 0.3) is 27.9 Å². The fraction of sp³-hybridized carbons (Fsp3) is 0.273. The van der Waals surface area contributed by atoms with Crippen molar-refractivity contribution in [3.8, 4) is 17.1 Å². The lowest BCUT2D eigenvalue weighted by atomic mass is 10.0. The number of methoxy groups -OCH3 is 1. The summed E-state index contributed by atoms with van der Waals surface area (Å²) in [6.07, 6.45) is 0. The Morgan fingerprint density at radius 1 is 1.13 bits per heavy atom. The molecule has 2 aromatic carbocycles. The molecule has 1 atom stereocenters. The molecule has 0 radical (unpaired) electrons. The van der Waals surface area contributed by atoms with Crippen LogP contribution in [0.2, 0.25) is 0 Å². The van der Waals surface area contributed by atoms with Gasteiger partial charge in [0.1, 0.15) is 11.8 Å². The highest BCUT2D eigenvalue weighted by molar-refractivity contribution is 5.93. The fourth-order valence-electron chi connectivity index (χ4n) is 3.68. The number of hydrogen-bond donors (Lipinski definition) is 1. The molecule has 0 amide bonds. The zero-order valence-electron chi connectivity index (χ0n) is 17.3. The molecule has 0 saturated carbocycles. The molecule has 0 spiro atoms. The maximum absolute atomic E-state index is 11.9. The minimum Gasteiger partial charge on any atom is -0.497 e. The molecule has 2 aromatic heterocycles. The highest BCUT2D eigenvalue weighted by atomic mass is 16.5. The molecular weight excluding hydrogens is 382 g/mol. The van der Waals surface area contributed by atoms with Gasteiger partial charge >= 0.3 is 5.97 Å². The van der Waals surface area contributed by atoms with Gasteiger partial charge in [-0.05, 0) is 30.2 Å². The Labute approximate surface area is 173 Å². The van der Waals surface area contributed by atoms with E-state index < -0.39 is 12.0 Å². The smallest absolute Gasteiger partial charge is 0.326 e. The molecule has 4 aromatic rings. The van der Waals surface area contributed by atoms with Gasteiger partial charge in [0.2, 0.25) is 5.95 Å².